The van der Waals surface area contributed by atoms with Crippen LogP contribution in [0.2, 0.25) is 0 Å². The summed E-state index contributed by atoms with van der Waals surface area (Å²) in [6.07, 6.45) is 5.43. The smallest absolute Gasteiger partial charge is 0.282 e. The van der Waals surface area contributed by atoms with Crippen molar-refractivity contribution in [1.82, 2.24) is 8.61 Å². The molecule has 25 heavy (non-hydrogen) atoms. The summed E-state index contributed by atoms with van der Waals surface area (Å²) in [5.41, 5.74) is 7.14. The average molecular weight is 388 g/mol. The molecule has 7 heteroatoms. The molecule has 1 heterocycles. The summed E-state index contributed by atoms with van der Waals surface area (Å²) in [7, 11) is -1.66. The monoisotopic (exact) mass is 387 g/mol. The van der Waals surface area contributed by atoms with E-state index in [1.54, 1.807) is 15.7 Å². The molecule has 5 nitrogen and oxygen atoms in total. The molecule has 1 aromatic carbocycles. The number of nitrogens with two attached hydrogens (primary N) is 1. The number of rotatable bonds is 5. The molecule has 2 fully saturated rings. The number of nitrogens with zero attached hydrogens (tertiary/aromatic N) is 2. The van der Waals surface area contributed by atoms with E-state index in [0.29, 0.717) is 19.6 Å². The molecule has 0 aromatic heterocycles. The predicted octanol–water partition coefficient (Wildman–Crippen LogP) is 2.59. The maximum atomic E-state index is 13.1. The van der Waals surface area contributed by atoms with Gasteiger partial charge in [0, 0.05) is 32.1 Å². The second-order valence-electron chi connectivity index (χ2n) is 7.15. The maximum Gasteiger partial charge on any atom is 0.282 e. The molecule has 0 unspecified atom stereocenters. The van der Waals surface area contributed by atoms with Crippen LogP contribution in [0.25, 0.3) is 0 Å². The minimum absolute atomic E-state index is 0. The van der Waals surface area contributed by atoms with E-state index < -0.39 is 10.2 Å². The van der Waals surface area contributed by atoms with Gasteiger partial charge in [-0.2, -0.15) is 17.0 Å². The third kappa shape index (κ3) is 4.37. The Kier molecular flexibility index (Phi) is 7.29. The van der Waals surface area contributed by atoms with Crippen LogP contribution < -0.4 is 5.73 Å². The summed E-state index contributed by atoms with van der Waals surface area (Å²) in [5.74, 6) is 0.368. The van der Waals surface area contributed by atoms with E-state index in [4.69, 9.17) is 5.73 Å². The van der Waals surface area contributed by atoms with Crippen molar-refractivity contribution in [3.63, 3.8) is 0 Å². The molecule has 1 aliphatic carbocycles. The van der Waals surface area contributed by atoms with Gasteiger partial charge in [0.1, 0.15) is 0 Å². The summed E-state index contributed by atoms with van der Waals surface area (Å²) >= 11 is 0. The molecule has 1 saturated heterocycles. The maximum absolute atomic E-state index is 13.1. The van der Waals surface area contributed by atoms with Crippen molar-refractivity contribution < 1.29 is 8.42 Å². The summed E-state index contributed by atoms with van der Waals surface area (Å²) in [4.78, 5) is 0. The van der Waals surface area contributed by atoms with Crippen LogP contribution >= 0.6 is 12.4 Å². The van der Waals surface area contributed by atoms with Gasteiger partial charge in [0.05, 0.1) is 0 Å². The van der Waals surface area contributed by atoms with E-state index >= 15 is 0 Å². The highest BCUT2D eigenvalue weighted by Crippen LogP contribution is 2.35. The Morgan fingerprint density at radius 1 is 1.12 bits per heavy atom. The van der Waals surface area contributed by atoms with Gasteiger partial charge in [-0.25, -0.2) is 0 Å². The minimum atomic E-state index is -3.41. The Morgan fingerprint density at radius 3 is 2.36 bits per heavy atom. The highest BCUT2D eigenvalue weighted by atomic mass is 35.5. The van der Waals surface area contributed by atoms with Crippen LogP contribution in [0.4, 0.5) is 0 Å². The van der Waals surface area contributed by atoms with E-state index in [1.165, 1.54) is 12.0 Å². The molecule has 0 spiro atoms. The van der Waals surface area contributed by atoms with E-state index in [9.17, 15) is 8.42 Å². The van der Waals surface area contributed by atoms with Crippen LogP contribution in [0.5, 0.6) is 0 Å². The fraction of sp³-hybridized carbons (Fsp3) is 0.667. The molecule has 2 N–H and O–H groups in total. The van der Waals surface area contributed by atoms with Gasteiger partial charge < -0.3 is 5.73 Å². The second kappa shape index (κ2) is 8.82. The first-order valence-corrected chi connectivity index (χ1v) is 10.4. The van der Waals surface area contributed by atoms with E-state index in [1.807, 2.05) is 18.2 Å². The number of benzene rings is 1. The quantitative estimate of drug-likeness (QED) is 0.844. The van der Waals surface area contributed by atoms with Crippen molar-refractivity contribution in [2.24, 2.45) is 11.7 Å². The lowest BCUT2D eigenvalue weighted by Crippen LogP contribution is -2.46. The summed E-state index contributed by atoms with van der Waals surface area (Å²) < 4.78 is 29.4. The third-order valence-electron chi connectivity index (χ3n) is 5.72. The van der Waals surface area contributed by atoms with E-state index in [2.05, 4.69) is 12.1 Å². The van der Waals surface area contributed by atoms with Gasteiger partial charge in [-0.15, -0.1) is 12.4 Å². The van der Waals surface area contributed by atoms with Crippen LogP contribution in [0, 0.1) is 5.92 Å². The minimum Gasteiger partial charge on any atom is -0.330 e. The predicted molar refractivity (Wildman–Crippen MR) is 104 cm³/mol. The normalized spacial score (nSPS) is 25.9. The molecule has 1 saturated carbocycles. The third-order valence-corrected chi connectivity index (χ3v) is 7.69. The lowest BCUT2D eigenvalue weighted by molar-refractivity contribution is 0.268. The Hall–Kier alpha value is -0.660. The van der Waals surface area contributed by atoms with Gasteiger partial charge >= 0.3 is 0 Å². The van der Waals surface area contributed by atoms with Gasteiger partial charge in [-0.3, -0.25) is 0 Å². The zero-order chi connectivity index (χ0) is 17.2. The molecular formula is C18H30ClN3O2S. The molecule has 0 radical (unpaired) electrons. The summed E-state index contributed by atoms with van der Waals surface area (Å²) in [6, 6.07) is 10.3. The van der Waals surface area contributed by atoms with Crippen molar-refractivity contribution >= 4 is 22.6 Å². The first-order valence-electron chi connectivity index (χ1n) is 9.02. The van der Waals surface area contributed by atoms with Crippen molar-refractivity contribution in [2.45, 2.75) is 44.1 Å². The topological polar surface area (TPSA) is 66.6 Å². The summed E-state index contributed by atoms with van der Waals surface area (Å²) in [5, 5.41) is 0. The Morgan fingerprint density at radius 2 is 1.76 bits per heavy atom. The van der Waals surface area contributed by atoms with Gasteiger partial charge in [-0.05, 0) is 30.9 Å². The summed E-state index contributed by atoms with van der Waals surface area (Å²) in [6.45, 7) is 1.57. The molecule has 2 aliphatic rings. The Balaban J connectivity index is 0.00000225. The van der Waals surface area contributed by atoms with Gasteiger partial charge in [0.25, 0.3) is 10.2 Å². The molecule has 1 aliphatic heterocycles. The van der Waals surface area contributed by atoms with Crippen molar-refractivity contribution in [3.05, 3.63) is 35.9 Å². The molecule has 2 atom stereocenters. The van der Waals surface area contributed by atoms with E-state index in [0.717, 1.165) is 25.7 Å². The molecule has 0 bridgehead atoms. The van der Waals surface area contributed by atoms with Crippen LogP contribution in [-0.4, -0.2) is 49.8 Å². The van der Waals surface area contributed by atoms with Crippen molar-refractivity contribution in [2.75, 3.05) is 26.7 Å². The SMILES string of the molecule is CN(C1CCCCC1)S(=O)(=O)N1C[C@@H](CN)[C@H](c2ccccc2)C1.Cl. The van der Waals surface area contributed by atoms with Gasteiger partial charge in [0.15, 0.2) is 0 Å². The Labute approximate surface area is 158 Å². The lowest BCUT2D eigenvalue weighted by Gasteiger charge is -2.33. The van der Waals surface area contributed by atoms with Crippen LogP contribution in [-0.2, 0) is 10.2 Å². The van der Waals surface area contributed by atoms with Gasteiger partial charge in [0.2, 0.25) is 0 Å². The zero-order valence-electron chi connectivity index (χ0n) is 14.9. The second-order valence-corrected chi connectivity index (χ2v) is 9.13. The van der Waals surface area contributed by atoms with Crippen LogP contribution in [0.1, 0.15) is 43.6 Å². The van der Waals surface area contributed by atoms with Crippen molar-refractivity contribution in [1.29, 1.82) is 0 Å². The number of hydrogen-bond donors (Lipinski definition) is 1. The fourth-order valence-electron chi connectivity index (χ4n) is 4.15. The fourth-order valence-corrected chi connectivity index (χ4v) is 5.83. The first-order chi connectivity index (χ1) is 11.5. The zero-order valence-corrected chi connectivity index (χ0v) is 16.5. The first kappa shape index (κ1) is 20.6. The average Bonchev–Trinajstić information content (AvgIpc) is 3.08. The molecule has 0 amide bonds. The standard InChI is InChI=1S/C18H29N3O2S.ClH/c1-20(17-10-6-3-7-11-17)24(22,23)21-13-16(12-19)18(14-21)15-8-4-2-5-9-15;/h2,4-5,8-9,16-18H,3,6-7,10-14,19H2,1H3;1H/t16-,18+;/m1./s1. The number of hydrogen-bond acceptors (Lipinski definition) is 3. The number of halogens is 1. The molecule has 142 valence electrons. The van der Waals surface area contributed by atoms with Crippen LogP contribution in [0.3, 0.4) is 0 Å². The van der Waals surface area contributed by atoms with Crippen molar-refractivity contribution in [3.8, 4) is 0 Å². The highest BCUT2D eigenvalue weighted by molar-refractivity contribution is 7.86. The van der Waals surface area contributed by atoms with Gasteiger partial charge in [-0.1, -0.05) is 49.6 Å². The lowest BCUT2D eigenvalue weighted by atomic mass is 9.89. The largest absolute Gasteiger partial charge is 0.330 e. The Bertz CT molecular complexity index is 635. The van der Waals surface area contributed by atoms with Crippen LogP contribution in [0.15, 0.2) is 30.3 Å². The van der Waals surface area contributed by atoms with E-state index in [-0.39, 0.29) is 30.3 Å². The molecule has 3 rings (SSSR count). The molecular weight excluding hydrogens is 358 g/mol. The highest BCUT2D eigenvalue weighted by Gasteiger charge is 2.41. The molecule has 1 aromatic rings.